The molecular formula is C22H27NO5. The first kappa shape index (κ1) is 20.0. The van der Waals surface area contributed by atoms with Crippen molar-refractivity contribution >= 4 is 5.97 Å². The number of nitrogens with zero attached hydrogens (tertiary/aromatic N) is 1. The van der Waals surface area contributed by atoms with Crippen LogP contribution in [-0.4, -0.2) is 50.4 Å². The molecule has 2 aromatic rings. The predicted octanol–water partition coefficient (Wildman–Crippen LogP) is 3.60. The highest BCUT2D eigenvalue weighted by Gasteiger charge is 2.31. The van der Waals surface area contributed by atoms with Gasteiger partial charge in [-0.05, 0) is 49.7 Å². The lowest BCUT2D eigenvalue weighted by molar-refractivity contribution is -0.143. The van der Waals surface area contributed by atoms with Gasteiger partial charge in [-0.15, -0.1) is 0 Å². The average molecular weight is 385 g/mol. The van der Waals surface area contributed by atoms with Crippen LogP contribution < -0.4 is 14.2 Å². The summed E-state index contributed by atoms with van der Waals surface area (Å²) in [5, 5.41) is 9.34. The van der Waals surface area contributed by atoms with E-state index in [9.17, 15) is 9.90 Å². The number of carboxylic acid groups (broad SMARTS) is 1. The molecule has 6 nitrogen and oxygen atoms in total. The van der Waals surface area contributed by atoms with E-state index < -0.39 is 5.97 Å². The van der Waals surface area contributed by atoms with Crippen LogP contribution in [0.25, 0.3) is 0 Å². The number of rotatable bonds is 7. The molecular weight excluding hydrogens is 358 g/mol. The van der Waals surface area contributed by atoms with Crippen molar-refractivity contribution in [3.8, 4) is 17.2 Å². The minimum absolute atomic E-state index is 0.0642. The molecule has 28 heavy (non-hydrogen) atoms. The zero-order valence-corrected chi connectivity index (χ0v) is 16.6. The lowest BCUT2D eigenvalue weighted by Crippen LogP contribution is -2.39. The van der Waals surface area contributed by atoms with Gasteiger partial charge in [0.15, 0.2) is 11.5 Å². The summed E-state index contributed by atoms with van der Waals surface area (Å²) < 4.78 is 16.5. The van der Waals surface area contributed by atoms with E-state index in [-0.39, 0.29) is 12.0 Å². The Balaban J connectivity index is 2.02. The van der Waals surface area contributed by atoms with Gasteiger partial charge in [-0.25, -0.2) is 0 Å². The number of hydrogen-bond donors (Lipinski definition) is 1. The van der Waals surface area contributed by atoms with Gasteiger partial charge in [0, 0.05) is 5.56 Å². The zero-order valence-electron chi connectivity index (χ0n) is 16.6. The largest absolute Gasteiger partial charge is 0.496 e. The van der Waals surface area contributed by atoms with Crippen molar-refractivity contribution in [3.63, 3.8) is 0 Å². The van der Waals surface area contributed by atoms with Crippen molar-refractivity contribution in [2.45, 2.75) is 18.9 Å². The van der Waals surface area contributed by atoms with E-state index in [1.807, 2.05) is 36.4 Å². The Morgan fingerprint density at radius 3 is 2.21 bits per heavy atom. The predicted molar refractivity (Wildman–Crippen MR) is 106 cm³/mol. The Labute approximate surface area is 165 Å². The first-order chi connectivity index (χ1) is 13.6. The number of likely N-dealkylation sites (tertiary alicyclic amines) is 1. The molecule has 0 radical (unpaired) electrons. The van der Waals surface area contributed by atoms with E-state index in [1.54, 1.807) is 21.3 Å². The molecule has 1 heterocycles. The summed E-state index contributed by atoms with van der Waals surface area (Å²) >= 11 is 0. The number of carboxylic acids is 1. The van der Waals surface area contributed by atoms with E-state index in [0.29, 0.717) is 37.4 Å². The van der Waals surface area contributed by atoms with Crippen LogP contribution in [0.2, 0.25) is 0 Å². The van der Waals surface area contributed by atoms with Crippen molar-refractivity contribution in [2.24, 2.45) is 5.92 Å². The van der Waals surface area contributed by atoms with Crippen LogP contribution in [0.5, 0.6) is 17.2 Å². The number of carbonyl (C=O) groups is 1. The van der Waals surface area contributed by atoms with Crippen molar-refractivity contribution in [2.75, 3.05) is 34.4 Å². The zero-order chi connectivity index (χ0) is 20.1. The van der Waals surface area contributed by atoms with Crippen molar-refractivity contribution in [3.05, 3.63) is 53.6 Å². The number of benzene rings is 2. The maximum atomic E-state index is 11.4. The molecule has 0 saturated carbocycles. The third kappa shape index (κ3) is 4.07. The van der Waals surface area contributed by atoms with Crippen molar-refractivity contribution < 1.29 is 24.1 Å². The number of para-hydroxylation sites is 1. The van der Waals surface area contributed by atoms with Gasteiger partial charge in [-0.3, -0.25) is 9.69 Å². The van der Waals surface area contributed by atoms with Gasteiger partial charge >= 0.3 is 5.97 Å². The molecule has 1 N–H and O–H groups in total. The molecule has 0 bridgehead atoms. The van der Waals surface area contributed by atoms with Gasteiger partial charge in [-0.1, -0.05) is 24.3 Å². The normalized spacial score (nSPS) is 16.4. The molecule has 2 aromatic carbocycles. The highest BCUT2D eigenvalue weighted by Crippen LogP contribution is 2.40. The first-order valence-corrected chi connectivity index (χ1v) is 9.40. The maximum Gasteiger partial charge on any atom is 0.306 e. The van der Waals surface area contributed by atoms with E-state index in [2.05, 4.69) is 11.0 Å². The Kier molecular flexibility index (Phi) is 6.41. The monoisotopic (exact) mass is 385 g/mol. The molecule has 1 unspecified atom stereocenters. The lowest BCUT2D eigenvalue weighted by Gasteiger charge is -2.37. The van der Waals surface area contributed by atoms with Gasteiger partial charge in [0.05, 0.1) is 33.3 Å². The molecule has 1 fully saturated rings. The van der Waals surface area contributed by atoms with E-state index in [4.69, 9.17) is 14.2 Å². The molecule has 1 aliphatic rings. The van der Waals surface area contributed by atoms with Crippen LogP contribution in [0.3, 0.4) is 0 Å². The Morgan fingerprint density at radius 1 is 0.964 bits per heavy atom. The van der Waals surface area contributed by atoms with Crippen LogP contribution in [0, 0.1) is 5.92 Å². The summed E-state index contributed by atoms with van der Waals surface area (Å²) in [6.07, 6.45) is 1.27. The summed E-state index contributed by atoms with van der Waals surface area (Å²) in [5.74, 6) is 1.16. The molecule has 3 rings (SSSR count). The molecule has 0 aromatic heterocycles. The second-order valence-electron chi connectivity index (χ2n) is 6.91. The standard InChI is InChI=1S/C22H27NO5/c1-26-18-7-5-4-6-17(18)21(23-12-10-15(11-13-23)22(24)25)16-8-9-19(27-2)20(14-16)28-3/h4-9,14-15,21H,10-13H2,1-3H3,(H,24,25). The van der Waals surface area contributed by atoms with E-state index in [0.717, 1.165) is 16.9 Å². The van der Waals surface area contributed by atoms with Gasteiger partial charge in [-0.2, -0.15) is 0 Å². The van der Waals surface area contributed by atoms with Crippen molar-refractivity contribution in [1.29, 1.82) is 0 Å². The van der Waals surface area contributed by atoms with Crippen LogP contribution in [0.4, 0.5) is 0 Å². The fraction of sp³-hybridized carbons (Fsp3) is 0.409. The molecule has 1 atom stereocenters. The second kappa shape index (κ2) is 8.97. The van der Waals surface area contributed by atoms with E-state index in [1.165, 1.54) is 0 Å². The third-order valence-corrected chi connectivity index (χ3v) is 5.40. The number of ether oxygens (including phenoxy) is 3. The maximum absolute atomic E-state index is 11.4. The smallest absolute Gasteiger partial charge is 0.306 e. The summed E-state index contributed by atoms with van der Waals surface area (Å²) in [5.41, 5.74) is 2.10. The summed E-state index contributed by atoms with van der Waals surface area (Å²) in [7, 11) is 4.91. The third-order valence-electron chi connectivity index (χ3n) is 5.40. The Morgan fingerprint density at radius 2 is 1.61 bits per heavy atom. The molecule has 0 amide bonds. The minimum Gasteiger partial charge on any atom is -0.496 e. The topological polar surface area (TPSA) is 68.2 Å². The Hall–Kier alpha value is -2.73. The van der Waals surface area contributed by atoms with Crippen LogP contribution >= 0.6 is 0 Å². The Bertz CT molecular complexity index is 814. The average Bonchev–Trinajstić information content (AvgIpc) is 2.74. The summed E-state index contributed by atoms with van der Waals surface area (Å²) in [6.45, 7) is 1.40. The summed E-state index contributed by atoms with van der Waals surface area (Å²) in [4.78, 5) is 13.7. The van der Waals surface area contributed by atoms with Crippen molar-refractivity contribution in [1.82, 2.24) is 4.90 Å². The molecule has 1 aliphatic heterocycles. The van der Waals surface area contributed by atoms with E-state index >= 15 is 0 Å². The lowest BCUT2D eigenvalue weighted by atomic mass is 9.90. The minimum atomic E-state index is -0.709. The first-order valence-electron chi connectivity index (χ1n) is 9.40. The molecule has 6 heteroatoms. The number of methoxy groups -OCH3 is 3. The van der Waals surface area contributed by atoms with Gasteiger partial charge < -0.3 is 19.3 Å². The number of hydrogen-bond acceptors (Lipinski definition) is 5. The van der Waals surface area contributed by atoms with Crippen LogP contribution in [0.15, 0.2) is 42.5 Å². The van der Waals surface area contributed by atoms with Crippen LogP contribution in [0.1, 0.15) is 30.0 Å². The van der Waals surface area contributed by atoms with Gasteiger partial charge in [0.1, 0.15) is 5.75 Å². The second-order valence-corrected chi connectivity index (χ2v) is 6.91. The molecule has 0 spiro atoms. The van der Waals surface area contributed by atoms with Crippen LogP contribution in [-0.2, 0) is 4.79 Å². The highest BCUT2D eigenvalue weighted by atomic mass is 16.5. The van der Waals surface area contributed by atoms with Gasteiger partial charge in [0.25, 0.3) is 0 Å². The summed E-state index contributed by atoms with van der Waals surface area (Å²) in [6, 6.07) is 13.8. The fourth-order valence-electron chi connectivity index (χ4n) is 3.91. The molecule has 150 valence electrons. The molecule has 0 aliphatic carbocycles. The molecule has 1 saturated heterocycles. The van der Waals surface area contributed by atoms with Gasteiger partial charge in [0.2, 0.25) is 0 Å². The fourth-order valence-corrected chi connectivity index (χ4v) is 3.91. The number of aliphatic carboxylic acids is 1. The highest BCUT2D eigenvalue weighted by molar-refractivity contribution is 5.70. The SMILES string of the molecule is COc1ccc(C(c2ccccc2OC)N2CCC(C(=O)O)CC2)cc1OC. The number of piperidine rings is 1. The quantitative estimate of drug-likeness (QED) is 0.785.